The van der Waals surface area contributed by atoms with Crippen molar-refractivity contribution in [3.8, 4) is 0 Å². The molecule has 2 amide bonds. The van der Waals surface area contributed by atoms with Gasteiger partial charge in [-0.1, -0.05) is 11.6 Å². The molecule has 2 aromatic rings. The number of benzene rings is 1. The zero-order chi connectivity index (χ0) is 17.0. The summed E-state index contributed by atoms with van der Waals surface area (Å²) in [6.45, 7) is 5.62. The van der Waals surface area contributed by atoms with Crippen LogP contribution in [0.3, 0.4) is 0 Å². The van der Waals surface area contributed by atoms with Gasteiger partial charge < -0.3 is 10.6 Å². The molecule has 0 saturated carbocycles. The van der Waals surface area contributed by atoms with E-state index in [0.29, 0.717) is 29.4 Å². The molecule has 1 aromatic carbocycles. The minimum Gasteiger partial charge on any atom is -0.326 e. The van der Waals surface area contributed by atoms with E-state index in [1.165, 1.54) is 6.92 Å². The maximum absolute atomic E-state index is 12.0. The highest BCUT2D eigenvalue weighted by atomic mass is 35.5. The Balaban J connectivity index is 1.89. The summed E-state index contributed by atoms with van der Waals surface area (Å²) in [7, 11) is 0. The van der Waals surface area contributed by atoms with Crippen molar-refractivity contribution in [2.24, 2.45) is 0 Å². The Morgan fingerprint density at radius 3 is 2.17 bits per heavy atom. The number of anilines is 2. The van der Waals surface area contributed by atoms with Crippen molar-refractivity contribution in [3.63, 3.8) is 0 Å². The van der Waals surface area contributed by atoms with Gasteiger partial charge in [0.25, 0.3) is 0 Å². The summed E-state index contributed by atoms with van der Waals surface area (Å²) in [5.74, 6) is -0.244. The van der Waals surface area contributed by atoms with Gasteiger partial charge in [-0.05, 0) is 38.1 Å². The molecule has 2 rings (SSSR count). The quantitative estimate of drug-likeness (QED) is 0.882. The summed E-state index contributed by atoms with van der Waals surface area (Å²) < 4.78 is 1.73. The summed E-state index contributed by atoms with van der Waals surface area (Å²) in [6.07, 6.45) is 0.297. The number of amides is 2. The molecule has 0 spiro atoms. The minimum absolute atomic E-state index is 0.110. The first-order valence-corrected chi connectivity index (χ1v) is 7.61. The fourth-order valence-corrected chi connectivity index (χ4v) is 2.30. The Morgan fingerprint density at radius 1 is 1.13 bits per heavy atom. The van der Waals surface area contributed by atoms with Crippen LogP contribution in [0.25, 0.3) is 0 Å². The number of hydrogen-bond acceptors (Lipinski definition) is 3. The molecule has 0 aliphatic carbocycles. The van der Waals surface area contributed by atoms with Crippen LogP contribution in [0.2, 0.25) is 5.02 Å². The van der Waals surface area contributed by atoms with Gasteiger partial charge in [0.2, 0.25) is 11.8 Å². The number of rotatable bonds is 5. The van der Waals surface area contributed by atoms with Gasteiger partial charge in [-0.25, -0.2) is 0 Å². The predicted molar refractivity (Wildman–Crippen MR) is 90.7 cm³/mol. The molecule has 0 unspecified atom stereocenters. The molecule has 122 valence electrons. The number of aromatic nitrogens is 2. The summed E-state index contributed by atoms with van der Waals surface area (Å²) in [5.41, 5.74) is 2.98. The lowest BCUT2D eigenvalue weighted by Crippen LogP contribution is -2.15. The van der Waals surface area contributed by atoms with Gasteiger partial charge in [-0.2, -0.15) is 5.10 Å². The van der Waals surface area contributed by atoms with Gasteiger partial charge in [0.1, 0.15) is 0 Å². The molecule has 0 radical (unpaired) electrons. The van der Waals surface area contributed by atoms with Gasteiger partial charge in [0, 0.05) is 24.7 Å². The van der Waals surface area contributed by atoms with Gasteiger partial charge in [0.05, 0.1) is 23.0 Å². The highest BCUT2D eigenvalue weighted by Gasteiger charge is 2.10. The van der Waals surface area contributed by atoms with E-state index >= 15 is 0 Å². The van der Waals surface area contributed by atoms with Crippen LogP contribution >= 0.6 is 11.6 Å². The van der Waals surface area contributed by atoms with Crippen molar-refractivity contribution in [1.29, 1.82) is 0 Å². The normalized spacial score (nSPS) is 10.4. The summed E-state index contributed by atoms with van der Waals surface area (Å²) in [5, 5.41) is 10.4. The van der Waals surface area contributed by atoms with Crippen LogP contribution in [-0.4, -0.2) is 21.6 Å². The number of nitrogens with zero attached hydrogens (tertiary/aromatic N) is 2. The van der Waals surface area contributed by atoms with Crippen LogP contribution in [0.4, 0.5) is 11.4 Å². The van der Waals surface area contributed by atoms with Crippen LogP contribution in [0.1, 0.15) is 24.7 Å². The van der Waals surface area contributed by atoms with Crippen molar-refractivity contribution in [1.82, 2.24) is 9.78 Å². The molecule has 0 fully saturated rings. The summed E-state index contributed by atoms with van der Waals surface area (Å²) in [4.78, 5) is 22.9. The minimum atomic E-state index is -0.134. The third-order valence-electron chi connectivity index (χ3n) is 3.33. The molecule has 6 nitrogen and oxygen atoms in total. The van der Waals surface area contributed by atoms with Gasteiger partial charge in [-0.3, -0.25) is 14.3 Å². The van der Waals surface area contributed by atoms with Crippen LogP contribution in [0.5, 0.6) is 0 Å². The molecule has 0 saturated heterocycles. The first kappa shape index (κ1) is 17.0. The monoisotopic (exact) mass is 334 g/mol. The van der Waals surface area contributed by atoms with Gasteiger partial charge in [0.15, 0.2) is 0 Å². The van der Waals surface area contributed by atoms with Crippen molar-refractivity contribution >= 4 is 34.8 Å². The molecule has 0 bridgehead atoms. The Hall–Kier alpha value is -2.34. The summed E-state index contributed by atoms with van der Waals surface area (Å²) >= 11 is 6.08. The van der Waals surface area contributed by atoms with Crippen LogP contribution < -0.4 is 10.6 Å². The average Bonchev–Trinajstić information content (AvgIpc) is 2.74. The number of hydrogen-bond donors (Lipinski definition) is 2. The number of halogens is 1. The average molecular weight is 335 g/mol. The second-order valence-corrected chi connectivity index (χ2v) is 5.64. The second kappa shape index (κ2) is 7.28. The molecule has 1 aromatic heterocycles. The lowest BCUT2D eigenvalue weighted by molar-refractivity contribution is -0.116. The topological polar surface area (TPSA) is 76.0 Å². The molecule has 0 atom stereocenters. The first-order chi connectivity index (χ1) is 10.9. The van der Waals surface area contributed by atoms with E-state index < -0.39 is 0 Å². The number of nitrogens with one attached hydrogen (secondary N) is 2. The third-order valence-corrected chi connectivity index (χ3v) is 3.88. The fraction of sp³-hybridized carbons (Fsp3) is 0.312. The number of aryl methyl sites for hydroxylation is 2. The molecule has 7 heteroatoms. The maximum atomic E-state index is 12.0. The largest absolute Gasteiger partial charge is 0.326 e. The Morgan fingerprint density at radius 2 is 1.70 bits per heavy atom. The van der Waals surface area contributed by atoms with Crippen molar-refractivity contribution < 1.29 is 9.59 Å². The number of carbonyl (C=O) groups is 2. The molecule has 0 aliphatic heterocycles. The Kier molecular flexibility index (Phi) is 5.39. The third kappa shape index (κ3) is 4.56. The zero-order valence-corrected chi connectivity index (χ0v) is 14.1. The molecule has 23 heavy (non-hydrogen) atoms. The lowest BCUT2D eigenvalue weighted by Gasteiger charge is -2.08. The van der Waals surface area contributed by atoms with Gasteiger partial charge in [-0.15, -0.1) is 0 Å². The van der Waals surface area contributed by atoms with Crippen molar-refractivity contribution in [2.75, 3.05) is 10.6 Å². The SMILES string of the molecule is CC(=O)Nc1ccc(NC(=O)CCn2nc(C)c(Cl)c2C)cc1. The van der Waals surface area contributed by atoms with Crippen LogP contribution in [-0.2, 0) is 16.1 Å². The van der Waals surface area contributed by atoms with Crippen LogP contribution in [0, 0.1) is 13.8 Å². The molecule has 2 N–H and O–H groups in total. The highest BCUT2D eigenvalue weighted by Crippen LogP contribution is 2.19. The highest BCUT2D eigenvalue weighted by molar-refractivity contribution is 6.31. The van der Waals surface area contributed by atoms with Crippen LogP contribution in [0.15, 0.2) is 24.3 Å². The van der Waals surface area contributed by atoms with E-state index in [1.807, 2.05) is 13.8 Å². The molecular formula is C16H19ClN4O2. The molecule has 1 heterocycles. The lowest BCUT2D eigenvalue weighted by atomic mass is 10.2. The van der Waals surface area contributed by atoms with Crippen molar-refractivity contribution in [2.45, 2.75) is 33.7 Å². The predicted octanol–water partition coefficient (Wildman–Crippen LogP) is 3.14. The molecular weight excluding hydrogens is 316 g/mol. The maximum Gasteiger partial charge on any atom is 0.226 e. The van der Waals surface area contributed by atoms with Gasteiger partial charge >= 0.3 is 0 Å². The fourth-order valence-electron chi connectivity index (χ4n) is 2.16. The Bertz CT molecular complexity index is 722. The summed E-state index contributed by atoms with van der Waals surface area (Å²) in [6, 6.07) is 6.95. The van der Waals surface area contributed by atoms with E-state index in [9.17, 15) is 9.59 Å². The Labute approximate surface area is 139 Å². The standard InChI is InChI=1S/C16H19ClN4O2/c1-10-16(17)11(2)21(20-10)9-8-15(23)19-14-6-4-13(5-7-14)18-12(3)22/h4-7H,8-9H2,1-3H3,(H,18,22)(H,19,23). The van der Waals surface area contributed by atoms with E-state index in [0.717, 1.165) is 11.4 Å². The smallest absolute Gasteiger partial charge is 0.226 e. The molecule has 0 aliphatic rings. The van der Waals surface area contributed by atoms with E-state index in [2.05, 4.69) is 15.7 Å². The van der Waals surface area contributed by atoms with E-state index in [1.54, 1.807) is 28.9 Å². The second-order valence-electron chi connectivity index (χ2n) is 5.26. The van der Waals surface area contributed by atoms with E-state index in [4.69, 9.17) is 11.6 Å². The zero-order valence-electron chi connectivity index (χ0n) is 13.3. The van der Waals surface area contributed by atoms with E-state index in [-0.39, 0.29) is 11.8 Å². The first-order valence-electron chi connectivity index (χ1n) is 7.24. The number of carbonyl (C=O) groups excluding carboxylic acids is 2. The van der Waals surface area contributed by atoms with Crippen molar-refractivity contribution in [3.05, 3.63) is 40.7 Å².